The Balaban J connectivity index is 2.90. The molecule has 1 aromatic carbocycles. The van der Waals surface area contributed by atoms with Crippen LogP contribution in [-0.2, 0) is 14.8 Å². The van der Waals surface area contributed by atoms with Gasteiger partial charge in [-0.1, -0.05) is 18.5 Å². The maximum atomic E-state index is 12.0. The van der Waals surface area contributed by atoms with Gasteiger partial charge in [0.2, 0.25) is 15.9 Å². The quantitative estimate of drug-likeness (QED) is 0.833. The Bertz CT molecular complexity index is 602. The molecule has 7 heteroatoms. The minimum Gasteiger partial charge on any atom is -0.356 e. The van der Waals surface area contributed by atoms with Crippen molar-refractivity contribution >= 4 is 33.2 Å². The topological polar surface area (TPSA) is 66.5 Å². The summed E-state index contributed by atoms with van der Waals surface area (Å²) in [5, 5.41) is 3.28. The van der Waals surface area contributed by atoms with Gasteiger partial charge in [0.15, 0.2) is 0 Å². The monoisotopic (exact) mass is 332 g/mol. The molecule has 0 aromatic heterocycles. The Labute approximate surface area is 131 Å². The van der Waals surface area contributed by atoms with Crippen molar-refractivity contribution < 1.29 is 13.2 Å². The van der Waals surface area contributed by atoms with Crippen LogP contribution in [0.25, 0.3) is 0 Å². The van der Waals surface area contributed by atoms with Gasteiger partial charge in [-0.3, -0.25) is 9.10 Å². The van der Waals surface area contributed by atoms with Gasteiger partial charge in [-0.25, -0.2) is 8.42 Å². The van der Waals surface area contributed by atoms with Crippen molar-refractivity contribution in [1.29, 1.82) is 0 Å². The highest BCUT2D eigenvalue weighted by atomic mass is 35.5. The predicted molar refractivity (Wildman–Crippen MR) is 86.3 cm³/mol. The fraction of sp³-hybridized carbons (Fsp3) is 0.500. The molecule has 21 heavy (non-hydrogen) atoms. The van der Waals surface area contributed by atoms with Crippen molar-refractivity contribution in [3.63, 3.8) is 0 Å². The van der Waals surface area contributed by atoms with Crippen LogP contribution in [0.4, 0.5) is 5.69 Å². The number of carbonyl (C=O) groups excluding carboxylic acids is 1. The standard InChI is InChI=1S/C14H21ClN2O3S/c1-4-8-16-14(18)7-9-17(21(3,19)20)13-6-5-12(15)10-11(13)2/h5-6,10H,4,7-9H2,1-3H3,(H,16,18). The third kappa shape index (κ3) is 5.55. The smallest absolute Gasteiger partial charge is 0.232 e. The first-order valence-corrected chi connectivity index (χ1v) is 8.99. The van der Waals surface area contributed by atoms with E-state index < -0.39 is 10.0 Å². The lowest BCUT2D eigenvalue weighted by atomic mass is 10.2. The van der Waals surface area contributed by atoms with Gasteiger partial charge < -0.3 is 5.32 Å². The zero-order valence-corrected chi connectivity index (χ0v) is 14.1. The molecule has 0 fully saturated rings. The first-order valence-electron chi connectivity index (χ1n) is 6.76. The van der Waals surface area contributed by atoms with E-state index in [2.05, 4.69) is 5.32 Å². The van der Waals surface area contributed by atoms with Crippen LogP contribution in [0.2, 0.25) is 5.02 Å². The average molecular weight is 333 g/mol. The Morgan fingerprint density at radius 2 is 2.05 bits per heavy atom. The number of hydrogen-bond donors (Lipinski definition) is 1. The molecule has 0 radical (unpaired) electrons. The highest BCUT2D eigenvalue weighted by Crippen LogP contribution is 2.25. The number of nitrogens with zero attached hydrogens (tertiary/aromatic N) is 1. The number of amides is 1. The van der Waals surface area contributed by atoms with Gasteiger partial charge in [0.25, 0.3) is 0 Å². The Hall–Kier alpha value is -1.27. The second-order valence-electron chi connectivity index (χ2n) is 4.87. The van der Waals surface area contributed by atoms with E-state index in [0.717, 1.165) is 18.2 Å². The average Bonchev–Trinajstić information content (AvgIpc) is 2.37. The molecule has 1 N–H and O–H groups in total. The number of hydrogen-bond acceptors (Lipinski definition) is 3. The third-order valence-electron chi connectivity index (χ3n) is 2.94. The molecule has 0 saturated carbocycles. The van der Waals surface area contributed by atoms with Gasteiger partial charge in [-0.05, 0) is 37.1 Å². The van der Waals surface area contributed by atoms with Crippen LogP contribution in [0.1, 0.15) is 25.3 Å². The summed E-state index contributed by atoms with van der Waals surface area (Å²) in [6.45, 7) is 4.45. The summed E-state index contributed by atoms with van der Waals surface area (Å²) in [7, 11) is -3.46. The number of sulfonamides is 1. The van der Waals surface area contributed by atoms with E-state index in [1.165, 1.54) is 4.31 Å². The summed E-state index contributed by atoms with van der Waals surface area (Å²) in [5.74, 6) is -0.155. The minimum absolute atomic E-state index is 0.108. The lowest BCUT2D eigenvalue weighted by Gasteiger charge is -2.24. The highest BCUT2D eigenvalue weighted by molar-refractivity contribution is 7.92. The summed E-state index contributed by atoms with van der Waals surface area (Å²) in [6.07, 6.45) is 2.10. The van der Waals surface area contributed by atoms with Crippen molar-refractivity contribution in [1.82, 2.24) is 5.32 Å². The van der Waals surface area contributed by atoms with E-state index in [1.807, 2.05) is 6.92 Å². The summed E-state index contributed by atoms with van der Waals surface area (Å²) in [5.41, 5.74) is 1.30. The van der Waals surface area contributed by atoms with Crippen LogP contribution < -0.4 is 9.62 Å². The SMILES string of the molecule is CCCNC(=O)CCN(c1ccc(Cl)cc1C)S(C)(=O)=O. The normalized spacial score (nSPS) is 11.2. The van der Waals surface area contributed by atoms with Crippen LogP contribution in [-0.4, -0.2) is 33.7 Å². The molecule has 118 valence electrons. The van der Waals surface area contributed by atoms with E-state index in [1.54, 1.807) is 25.1 Å². The highest BCUT2D eigenvalue weighted by Gasteiger charge is 2.20. The lowest BCUT2D eigenvalue weighted by molar-refractivity contribution is -0.120. The van der Waals surface area contributed by atoms with Crippen LogP contribution in [0.5, 0.6) is 0 Å². The van der Waals surface area contributed by atoms with Crippen molar-refractivity contribution in [2.24, 2.45) is 0 Å². The van der Waals surface area contributed by atoms with Crippen LogP contribution >= 0.6 is 11.6 Å². The van der Waals surface area contributed by atoms with Crippen LogP contribution in [0, 0.1) is 6.92 Å². The Morgan fingerprint density at radius 1 is 1.38 bits per heavy atom. The molecule has 0 bridgehead atoms. The van der Waals surface area contributed by atoms with Crippen LogP contribution in [0.15, 0.2) is 18.2 Å². The van der Waals surface area contributed by atoms with Crippen LogP contribution in [0.3, 0.4) is 0 Å². The third-order valence-corrected chi connectivity index (χ3v) is 4.36. The zero-order chi connectivity index (χ0) is 16.0. The van der Waals surface area contributed by atoms with Crippen molar-refractivity contribution in [2.45, 2.75) is 26.7 Å². The number of carbonyl (C=O) groups is 1. The molecular formula is C14H21ClN2O3S. The fourth-order valence-corrected chi connectivity index (χ4v) is 3.13. The van der Waals surface area contributed by atoms with Gasteiger partial charge >= 0.3 is 0 Å². The summed E-state index contributed by atoms with van der Waals surface area (Å²) < 4.78 is 25.2. The molecule has 5 nitrogen and oxygen atoms in total. The van der Waals surface area contributed by atoms with E-state index in [0.29, 0.717) is 17.3 Å². The molecule has 0 saturated heterocycles. The summed E-state index contributed by atoms with van der Waals surface area (Å²) in [4.78, 5) is 11.6. The van der Waals surface area contributed by atoms with E-state index in [-0.39, 0.29) is 18.9 Å². The first-order chi connectivity index (χ1) is 9.75. The van der Waals surface area contributed by atoms with Crippen molar-refractivity contribution in [3.8, 4) is 0 Å². The predicted octanol–water partition coefficient (Wildman–Crippen LogP) is 2.33. The number of nitrogens with one attached hydrogen (secondary N) is 1. The van der Waals surface area contributed by atoms with Gasteiger partial charge in [0.05, 0.1) is 11.9 Å². The van der Waals surface area contributed by atoms with E-state index in [4.69, 9.17) is 11.6 Å². The molecule has 1 aromatic rings. The molecule has 0 atom stereocenters. The Morgan fingerprint density at radius 3 is 2.57 bits per heavy atom. The molecule has 0 heterocycles. The summed E-state index contributed by atoms with van der Waals surface area (Å²) in [6, 6.07) is 4.99. The number of rotatable bonds is 7. The van der Waals surface area contributed by atoms with Gasteiger partial charge in [-0.15, -0.1) is 0 Å². The molecule has 1 amide bonds. The lowest BCUT2D eigenvalue weighted by Crippen LogP contribution is -2.35. The molecule has 0 unspecified atom stereocenters. The molecule has 0 spiro atoms. The largest absolute Gasteiger partial charge is 0.356 e. The number of halogens is 1. The minimum atomic E-state index is -3.46. The number of benzene rings is 1. The second kappa shape index (κ2) is 7.66. The van der Waals surface area contributed by atoms with Gasteiger partial charge in [0, 0.05) is 24.5 Å². The van der Waals surface area contributed by atoms with Gasteiger partial charge in [-0.2, -0.15) is 0 Å². The molecule has 0 aliphatic rings. The number of anilines is 1. The molecule has 0 aliphatic carbocycles. The van der Waals surface area contributed by atoms with E-state index in [9.17, 15) is 13.2 Å². The number of aryl methyl sites for hydroxylation is 1. The second-order valence-corrected chi connectivity index (χ2v) is 7.21. The fourth-order valence-electron chi connectivity index (χ4n) is 1.92. The maximum Gasteiger partial charge on any atom is 0.232 e. The van der Waals surface area contributed by atoms with Crippen molar-refractivity contribution in [2.75, 3.05) is 23.7 Å². The van der Waals surface area contributed by atoms with Crippen molar-refractivity contribution in [3.05, 3.63) is 28.8 Å². The molecule has 0 aliphatic heterocycles. The van der Waals surface area contributed by atoms with E-state index >= 15 is 0 Å². The maximum absolute atomic E-state index is 12.0. The van der Waals surface area contributed by atoms with Gasteiger partial charge in [0.1, 0.15) is 0 Å². The first kappa shape index (κ1) is 17.8. The Kier molecular flexibility index (Phi) is 6.48. The molecule has 1 rings (SSSR count). The summed E-state index contributed by atoms with van der Waals surface area (Å²) >= 11 is 5.89. The zero-order valence-electron chi connectivity index (χ0n) is 12.5. The molecular weight excluding hydrogens is 312 g/mol.